The minimum atomic E-state index is -0.439. The number of nitro benzene ring substituents is 1. The van der Waals surface area contributed by atoms with Crippen LogP contribution in [0.15, 0.2) is 41.6 Å². The first-order chi connectivity index (χ1) is 16.3. The number of esters is 1. The molecule has 10 nitrogen and oxygen atoms in total. The molecular weight excluding hydrogens is 438 g/mol. The third-order valence-electron chi connectivity index (χ3n) is 8.12. The smallest absolute Gasteiger partial charge is 0.310 e. The van der Waals surface area contributed by atoms with Crippen molar-refractivity contribution in [2.24, 2.45) is 17.8 Å². The summed E-state index contributed by atoms with van der Waals surface area (Å²) < 4.78 is 13.5. The van der Waals surface area contributed by atoms with E-state index < -0.39 is 4.92 Å². The van der Waals surface area contributed by atoms with Gasteiger partial charge in [-0.15, -0.1) is 5.10 Å². The van der Waals surface area contributed by atoms with Crippen LogP contribution < -0.4 is 5.32 Å². The largest absolute Gasteiger partial charge is 0.461 e. The molecule has 10 heteroatoms. The highest BCUT2D eigenvalue weighted by atomic mass is 16.6. The number of ether oxygens (including phenoxy) is 2. The third kappa shape index (κ3) is 3.35. The zero-order chi connectivity index (χ0) is 23.6. The van der Waals surface area contributed by atoms with Crippen molar-refractivity contribution in [3.05, 3.63) is 57.4 Å². The molecule has 2 aromatic rings. The first kappa shape index (κ1) is 21.4. The molecule has 3 fully saturated rings. The Bertz CT molecular complexity index is 1210. The van der Waals surface area contributed by atoms with Crippen LogP contribution in [-0.2, 0) is 20.8 Å². The zero-order valence-electron chi connectivity index (χ0n) is 19.1. The van der Waals surface area contributed by atoms with E-state index >= 15 is 0 Å². The van der Waals surface area contributed by atoms with Crippen LogP contribution in [0.2, 0.25) is 0 Å². The Morgan fingerprint density at radius 1 is 1.38 bits per heavy atom. The fourth-order valence-electron chi connectivity index (χ4n) is 6.21. The number of nitrogens with zero attached hydrogens (tertiary/aromatic N) is 4. The van der Waals surface area contributed by atoms with Gasteiger partial charge in [0.1, 0.15) is 11.7 Å². The van der Waals surface area contributed by atoms with Crippen LogP contribution >= 0.6 is 0 Å². The van der Waals surface area contributed by atoms with Crippen molar-refractivity contribution in [3.8, 4) is 5.69 Å². The maximum absolute atomic E-state index is 12.9. The molecule has 6 atom stereocenters. The van der Waals surface area contributed by atoms with Gasteiger partial charge in [-0.2, -0.15) is 0 Å². The van der Waals surface area contributed by atoms with Crippen molar-refractivity contribution < 1.29 is 19.2 Å². The molecule has 1 aromatic carbocycles. The lowest BCUT2D eigenvalue weighted by Gasteiger charge is -2.28. The van der Waals surface area contributed by atoms with Gasteiger partial charge in [-0.05, 0) is 39.2 Å². The fourth-order valence-corrected chi connectivity index (χ4v) is 6.21. The van der Waals surface area contributed by atoms with Crippen molar-refractivity contribution in [2.75, 3.05) is 6.54 Å². The summed E-state index contributed by atoms with van der Waals surface area (Å²) in [6.07, 6.45) is 4.80. The Labute approximate surface area is 196 Å². The van der Waals surface area contributed by atoms with E-state index in [4.69, 9.17) is 9.47 Å². The number of aromatic nitrogens is 3. The van der Waals surface area contributed by atoms with E-state index in [1.807, 2.05) is 0 Å². The average Bonchev–Trinajstić information content (AvgIpc) is 3.11. The molecule has 2 aliphatic heterocycles. The van der Waals surface area contributed by atoms with Crippen molar-refractivity contribution in [3.63, 3.8) is 0 Å². The Balaban J connectivity index is 1.12. The second-order valence-corrected chi connectivity index (χ2v) is 10.1. The van der Waals surface area contributed by atoms with E-state index in [1.54, 1.807) is 18.3 Å². The maximum atomic E-state index is 12.9. The van der Waals surface area contributed by atoms with E-state index in [9.17, 15) is 14.9 Å². The molecule has 0 unspecified atom stereocenters. The Hall–Kier alpha value is -3.11. The van der Waals surface area contributed by atoms with E-state index in [2.05, 4.69) is 29.5 Å². The number of carbonyl (C=O) groups is 1. The molecule has 2 saturated heterocycles. The number of non-ortho nitro benzene ring substituents is 1. The maximum Gasteiger partial charge on any atom is 0.310 e. The van der Waals surface area contributed by atoms with Gasteiger partial charge in [0.25, 0.3) is 5.69 Å². The predicted molar refractivity (Wildman–Crippen MR) is 120 cm³/mol. The number of carbonyl (C=O) groups excluding carboxylic acids is 1. The standard InChI is InChI=1S/C24H27N5O5/c1-13-6-7-17-19(23(30)33-22(17)21-18(13)9-20-24(21,2)34-20)11-25-10-14-12-28(27-26-14)15-4-3-5-16(8-15)29(31)32/h3-5,8,12,17,19-22,25H,6-7,9-11H2,1-2H3/t17-,19-,20+,21-,22-,24+/m0/s1. The van der Waals surface area contributed by atoms with Gasteiger partial charge in [-0.3, -0.25) is 14.9 Å². The van der Waals surface area contributed by atoms with Crippen LogP contribution in [0.5, 0.6) is 0 Å². The molecule has 0 bridgehead atoms. The topological polar surface area (TPSA) is 125 Å². The summed E-state index contributed by atoms with van der Waals surface area (Å²) in [6.45, 7) is 5.32. The molecule has 4 aliphatic rings. The van der Waals surface area contributed by atoms with Gasteiger partial charge in [-0.1, -0.05) is 22.4 Å². The molecule has 0 radical (unpaired) electrons. The van der Waals surface area contributed by atoms with Crippen LogP contribution in [0.25, 0.3) is 5.69 Å². The highest BCUT2D eigenvalue weighted by Crippen LogP contribution is 2.62. The lowest BCUT2D eigenvalue weighted by Crippen LogP contribution is -2.37. The highest BCUT2D eigenvalue weighted by molar-refractivity contribution is 5.76. The molecule has 1 aromatic heterocycles. The number of benzene rings is 1. The molecule has 0 spiro atoms. The summed E-state index contributed by atoms with van der Waals surface area (Å²) in [4.78, 5) is 23.4. The summed E-state index contributed by atoms with van der Waals surface area (Å²) >= 11 is 0. The summed E-state index contributed by atoms with van der Waals surface area (Å²) in [5.41, 5.74) is 3.96. The molecule has 0 amide bonds. The lowest BCUT2D eigenvalue weighted by molar-refractivity contribution is -0.384. The minimum Gasteiger partial charge on any atom is -0.461 e. The number of allylic oxidation sites excluding steroid dienone is 1. The second kappa shape index (κ2) is 7.71. The first-order valence-corrected chi connectivity index (χ1v) is 11.8. The number of rotatable bonds is 6. The SMILES string of the molecule is CC1=C2C[C@H]3O[C@@]3(C)[C@@H]2[C@H]2OC(=O)[C@@H](CNCc3cn(-c4cccc([N+](=O)[O-])c4)nn3)[C@@H]2CC1. The predicted octanol–water partition coefficient (Wildman–Crippen LogP) is 2.71. The molecule has 6 rings (SSSR count). The Kier molecular flexibility index (Phi) is 4.86. The van der Waals surface area contributed by atoms with Crippen LogP contribution in [-0.4, -0.2) is 50.2 Å². The summed E-state index contributed by atoms with van der Waals surface area (Å²) in [5.74, 6) is 0.00581. The number of epoxide rings is 1. The number of fused-ring (bicyclic) bond motifs is 5. The van der Waals surface area contributed by atoms with Crippen molar-refractivity contribution >= 4 is 11.7 Å². The molecule has 178 valence electrons. The van der Waals surface area contributed by atoms with E-state index in [-0.39, 0.29) is 47.2 Å². The fraction of sp³-hybridized carbons (Fsp3) is 0.542. The van der Waals surface area contributed by atoms with Crippen molar-refractivity contribution in [2.45, 2.75) is 57.5 Å². The molecule has 1 N–H and O–H groups in total. The summed E-state index contributed by atoms with van der Waals surface area (Å²) in [6, 6.07) is 6.24. The number of nitro groups is 1. The van der Waals surface area contributed by atoms with E-state index in [0.29, 0.717) is 24.5 Å². The monoisotopic (exact) mass is 465 g/mol. The molecular formula is C24H27N5O5. The average molecular weight is 466 g/mol. The quantitative estimate of drug-likeness (QED) is 0.227. The molecule has 1 saturated carbocycles. The third-order valence-corrected chi connectivity index (χ3v) is 8.12. The van der Waals surface area contributed by atoms with E-state index in [1.165, 1.54) is 28.0 Å². The molecule has 3 heterocycles. The van der Waals surface area contributed by atoms with Gasteiger partial charge in [0, 0.05) is 37.1 Å². The molecule has 34 heavy (non-hydrogen) atoms. The van der Waals surface area contributed by atoms with Crippen molar-refractivity contribution in [1.82, 2.24) is 20.3 Å². The first-order valence-electron chi connectivity index (χ1n) is 11.8. The lowest BCUT2D eigenvalue weighted by atomic mass is 9.78. The van der Waals surface area contributed by atoms with Crippen LogP contribution in [0.4, 0.5) is 5.69 Å². The molecule has 2 aliphatic carbocycles. The van der Waals surface area contributed by atoms with Gasteiger partial charge in [0.05, 0.1) is 34.5 Å². The van der Waals surface area contributed by atoms with E-state index in [0.717, 1.165) is 19.3 Å². The number of hydrogen-bond acceptors (Lipinski definition) is 8. The van der Waals surface area contributed by atoms with Crippen LogP contribution in [0.1, 0.15) is 38.8 Å². The Morgan fingerprint density at radius 3 is 3.06 bits per heavy atom. The van der Waals surface area contributed by atoms with Gasteiger partial charge in [-0.25, -0.2) is 4.68 Å². The zero-order valence-corrected chi connectivity index (χ0v) is 19.1. The van der Waals surface area contributed by atoms with Crippen LogP contribution in [0, 0.1) is 27.9 Å². The number of hydrogen-bond donors (Lipinski definition) is 1. The minimum absolute atomic E-state index is 0.00250. The summed E-state index contributed by atoms with van der Waals surface area (Å²) in [7, 11) is 0. The number of nitrogens with one attached hydrogen (secondary N) is 1. The summed E-state index contributed by atoms with van der Waals surface area (Å²) in [5, 5.41) is 22.6. The van der Waals surface area contributed by atoms with Gasteiger partial charge in [0.15, 0.2) is 0 Å². The van der Waals surface area contributed by atoms with Gasteiger partial charge < -0.3 is 14.8 Å². The normalized spacial score (nSPS) is 33.7. The second-order valence-electron chi connectivity index (χ2n) is 10.1. The van der Waals surface area contributed by atoms with Crippen LogP contribution in [0.3, 0.4) is 0 Å². The van der Waals surface area contributed by atoms with Gasteiger partial charge in [0.2, 0.25) is 0 Å². The highest BCUT2D eigenvalue weighted by Gasteiger charge is 2.69. The van der Waals surface area contributed by atoms with Gasteiger partial charge >= 0.3 is 5.97 Å². The van der Waals surface area contributed by atoms with Crippen molar-refractivity contribution in [1.29, 1.82) is 0 Å². The Morgan fingerprint density at radius 2 is 2.24 bits per heavy atom.